The Kier molecular flexibility index (Phi) is 9.68. The standard InChI is InChI=1S/C37H46N4O6/c1-5-46-36(44)37-23-25(37)15-11-6-7-12-18-41(40(2)3)35(43)30-20-27(19-29(30)34(42)39-37)47-33-22-31(24-13-9-8-10-14-24)38-32-21-26(45-4)16-17-28(32)33/h8-10,13-14,16-17,21-22,25,27,29-30H,5-7,11-12,15,18-20,23H2,1-4H3,(H,39,42)/t25?,27-,29?,30-,37-/m1/s1. The average molecular weight is 643 g/mol. The zero-order valence-electron chi connectivity index (χ0n) is 27.9. The summed E-state index contributed by atoms with van der Waals surface area (Å²) in [6.45, 7) is 2.62. The van der Waals surface area contributed by atoms with Crippen molar-refractivity contribution in [2.24, 2.45) is 17.8 Å². The summed E-state index contributed by atoms with van der Waals surface area (Å²) in [6, 6.07) is 17.5. The van der Waals surface area contributed by atoms with E-state index in [0.717, 1.165) is 54.3 Å². The van der Waals surface area contributed by atoms with Crippen LogP contribution in [0.5, 0.6) is 11.5 Å². The van der Waals surface area contributed by atoms with Gasteiger partial charge in [0.15, 0.2) is 0 Å². The number of esters is 1. The largest absolute Gasteiger partial charge is 0.497 e. The monoisotopic (exact) mass is 642 g/mol. The Morgan fingerprint density at radius 3 is 2.53 bits per heavy atom. The molecular weight excluding hydrogens is 596 g/mol. The Balaban J connectivity index is 1.34. The van der Waals surface area contributed by atoms with E-state index in [1.165, 1.54) is 0 Å². The smallest absolute Gasteiger partial charge is 0.332 e. The van der Waals surface area contributed by atoms with Crippen LogP contribution in [0.3, 0.4) is 0 Å². The molecule has 6 rings (SSSR count). The van der Waals surface area contributed by atoms with Crippen LogP contribution in [0.2, 0.25) is 0 Å². The molecule has 0 bridgehead atoms. The number of amides is 2. The van der Waals surface area contributed by atoms with E-state index in [1.54, 1.807) is 19.0 Å². The van der Waals surface area contributed by atoms with Crippen LogP contribution in [-0.4, -0.2) is 78.8 Å². The van der Waals surface area contributed by atoms with Gasteiger partial charge in [-0.05, 0) is 57.1 Å². The SMILES string of the molecule is CCOC(=O)[C@@]12CC1CCCCCCN(N(C)C)C(=O)[C@@H]1C[C@H](Oc3cc(-c4ccccc4)nc4cc(OC)ccc34)CC1C(=O)N2. The molecule has 3 aliphatic rings. The van der Waals surface area contributed by atoms with Gasteiger partial charge < -0.3 is 19.5 Å². The van der Waals surface area contributed by atoms with Gasteiger partial charge in [0.05, 0.1) is 36.8 Å². The first-order valence-corrected chi connectivity index (χ1v) is 16.9. The van der Waals surface area contributed by atoms with E-state index < -0.39 is 23.5 Å². The molecule has 1 aliphatic heterocycles. The fraction of sp³-hybridized carbons (Fsp3) is 0.514. The van der Waals surface area contributed by atoms with Gasteiger partial charge >= 0.3 is 5.97 Å². The van der Waals surface area contributed by atoms with E-state index in [9.17, 15) is 14.4 Å². The molecule has 2 heterocycles. The molecule has 2 aromatic carbocycles. The molecule has 2 aliphatic carbocycles. The van der Waals surface area contributed by atoms with E-state index >= 15 is 0 Å². The van der Waals surface area contributed by atoms with Crippen molar-refractivity contribution in [1.82, 2.24) is 20.3 Å². The Morgan fingerprint density at radius 1 is 1.02 bits per heavy atom. The van der Waals surface area contributed by atoms with Crippen LogP contribution < -0.4 is 14.8 Å². The predicted molar refractivity (Wildman–Crippen MR) is 178 cm³/mol. The van der Waals surface area contributed by atoms with Gasteiger partial charge in [-0.1, -0.05) is 49.6 Å². The van der Waals surface area contributed by atoms with E-state index in [0.29, 0.717) is 37.3 Å². The molecule has 3 aromatic rings. The second-order valence-electron chi connectivity index (χ2n) is 13.3. The first-order chi connectivity index (χ1) is 22.7. The molecule has 47 heavy (non-hydrogen) atoms. The molecule has 1 aromatic heterocycles. The van der Waals surface area contributed by atoms with Crippen molar-refractivity contribution in [3.63, 3.8) is 0 Å². The minimum absolute atomic E-state index is 0.0471. The first kappa shape index (κ1) is 32.7. The molecule has 0 radical (unpaired) electrons. The number of nitrogens with zero attached hydrogens (tertiary/aromatic N) is 3. The number of ether oxygens (including phenoxy) is 3. The highest BCUT2D eigenvalue weighted by Gasteiger charge is 2.62. The van der Waals surface area contributed by atoms with Gasteiger partial charge in [0.1, 0.15) is 23.1 Å². The summed E-state index contributed by atoms with van der Waals surface area (Å²) in [6.07, 6.45) is 5.58. The lowest BCUT2D eigenvalue weighted by atomic mass is 9.93. The maximum Gasteiger partial charge on any atom is 0.332 e. The van der Waals surface area contributed by atoms with Crippen molar-refractivity contribution in [3.05, 3.63) is 54.6 Å². The van der Waals surface area contributed by atoms with E-state index in [-0.39, 0.29) is 30.3 Å². The number of nitrogens with one attached hydrogen (secondary N) is 1. The van der Waals surface area contributed by atoms with Crippen LogP contribution in [0.1, 0.15) is 58.3 Å². The average Bonchev–Trinajstić information content (AvgIpc) is 3.60. The predicted octanol–water partition coefficient (Wildman–Crippen LogP) is 5.39. The topological polar surface area (TPSA) is 110 Å². The second-order valence-corrected chi connectivity index (χ2v) is 13.3. The number of carbonyl (C=O) groups is 3. The molecular formula is C37H46N4O6. The molecule has 1 N–H and O–H groups in total. The fourth-order valence-corrected chi connectivity index (χ4v) is 7.40. The highest BCUT2D eigenvalue weighted by molar-refractivity contribution is 5.95. The highest BCUT2D eigenvalue weighted by atomic mass is 16.5. The maximum atomic E-state index is 14.2. The number of benzene rings is 2. The number of hydrazine groups is 1. The quantitative estimate of drug-likeness (QED) is 0.342. The Morgan fingerprint density at radius 2 is 1.79 bits per heavy atom. The van der Waals surface area contributed by atoms with Gasteiger partial charge in [0, 0.05) is 43.7 Å². The number of rotatable bonds is 7. The van der Waals surface area contributed by atoms with E-state index in [2.05, 4.69) is 5.32 Å². The normalized spacial score (nSPS) is 26.6. The van der Waals surface area contributed by atoms with Crippen LogP contribution in [0.15, 0.2) is 54.6 Å². The maximum absolute atomic E-state index is 14.2. The number of hydrogen-bond donors (Lipinski definition) is 1. The molecule has 0 spiro atoms. The van der Waals surface area contributed by atoms with Gasteiger partial charge in [-0.25, -0.2) is 14.8 Å². The zero-order valence-corrected chi connectivity index (χ0v) is 27.9. The number of fused-ring (bicyclic) bond motifs is 3. The van der Waals surface area contributed by atoms with Crippen molar-refractivity contribution in [2.75, 3.05) is 34.4 Å². The van der Waals surface area contributed by atoms with Crippen LogP contribution in [0, 0.1) is 17.8 Å². The third-order valence-corrected chi connectivity index (χ3v) is 10.0. The summed E-state index contributed by atoms with van der Waals surface area (Å²) < 4.78 is 17.7. The van der Waals surface area contributed by atoms with Gasteiger partial charge in [0.2, 0.25) is 11.8 Å². The summed E-state index contributed by atoms with van der Waals surface area (Å²) in [7, 11) is 5.36. The van der Waals surface area contributed by atoms with Crippen LogP contribution in [0.4, 0.5) is 0 Å². The van der Waals surface area contributed by atoms with Gasteiger partial charge in [-0.15, -0.1) is 0 Å². The zero-order chi connectivity index (χ0) is 33.1. The van der Waals surface area contributed by atoms with Crippen LogP contribution >= 0.6 is 0 Å². The molecule has 3 fully saturated rings. The number of carbonyl (C=O) groups excluding carboxylic acids is 3. The van der Waals surface area contributed by atoms with Crippen molar-refractivity contribution < 1.29 is 28.6 Å². The van der Waals surface area contributed by atoms with Gasteiger partial charge in [-0.3, -0.25) is 14.6 Å². The molecule has 2 amide bonds. The minimum atomic E-state index is -1.02. The molecule has 2 saturated carbocycles. The summed E-state index contributed by atoms with van der Waals surface area (Å²) in [5.41, 5.74) is 1.40. The number of hydrogen-bond acceptors (Lipinski definition) is 8. The first-order valence-electron chi connectivity index (χ1n) is 16.9. The minimum Gasteiger partial charge on any atom is -0.497 e. The number of pyridine rings is 1. The summed E-state index contributed by atoms with van der Waals surface area (Å²) in [5.74, 6) is -0.650. The van der Waals surface area contributed by atoms with Crippen molar-refractivity contribution in [2.45, 2.75) is 69.9 Å². The highest BCUT2D eigenvalue weighted by Crippen LogP contribution is 2.49. The Hall–Kier alpha value is -4.18. The Labute approximate surface area is 276 Å². The lowest BCUT2D eigenvalue weighted by molar-refractivity contribution is -0.154. The third-order valence-electron chi connectivity index (χ3n) is 10.0. The molecule has 2 unspecified atom stereocenters. The second kappa shape index (κ2) is 13.9. The van der Waals surface area contributed by atoms with Gasteiger partial charge in [-0.2, -0.15) is 0 Å². The number of methoxy groups -OCH3 is 1. The van der Waals surface area contributed by atoms with E-state index in [1.807, 2.05) is 73.7 Å². The van der Waals surface area contributed by atoms with Crippen molar-refractivity contribution in [3.8, 4) is 22.8 Å². The lowest BCUT2D eigenvalue weighted by Gasteiger charge is -2.33. The van der Waals surface area contributed by atoms with E-state index in [4.69, 9.17) is 19.2 Å². The summed E-state index contributed by atoms with van der Waals surface area (Å²) in [5, 5.41) is 7.53. The number of aromatic nitrogens is 1. The van der Waals surface area contributed by atoms with Gasteiger partial charge in [0.25, 0.3) is 0 Å². The Bertz CT molecular complexity index is 1610. The molecule has 10 nitrogen and oxygen atoms in total. The van der Waals surface area contributed by atoms with Crippen molar-refractivity contribution >= 4 is 28.7 Å². The molecule has 10 heteroatoms. The summed E-state index contributed by atoms with van der Waals surface area (Å²) >= 11 is 0. The summed E-state index contributed by atoms with van der Waals surface area (Å²) in [4.78, 5) is 46.5. The molecule has 250 valence electrons. The third kappa shape index (κ3) is 6.79. The van der Waals surface area contributed by atoms with Crippen LogP contribution in [-0.2, 0) is 19.1 Å². The molecule has 5 atom stereocenters. The lowest BCUT2D eigenvalue weighted by Crippen LogP contribution is -2.51. The van der Waals surface area contributed by atoms with Crippen LogP contribution in [0.25, 0.3) is 22.2 Å². The fourth-order valence-electron chi connectivity index (χ4n) is 7.40. The van der Waals surface area contributed by atoms with Crippen molar-refractivity contribution in [1.29, 1.82) is 0 Å². The molecule has 1 saturated heterocycles.